The minimum absolute atomic E-state index is 0.266. The summed E-state index contributed by atoms with van der Waals surface area (Å²) in [5.41, 5.74) is -0.440. The molecule has 0 bridgehead atoms. The van der Waals surface area contributed by atoms with Crippen LogP contribution in [0.5, 0.6) is 0 Å². The van der Waals surface area contributed by atoms with Gasteiger partial charge >= 0.3 is 6.09 Å². The zero-order chi connectivity index (χ0) is 12.2. The molecule has 0 aromatic heterocycles. The smallest absolute Gasteiger partial charge is 0.410 e. The quantitative estimate of drug-likeness (QED) is 0.733. The summed E-state index contributed by atoms with van der Waals surface area (Å²) in [5, 5.41) is 3.13. The van der Waals surface area contributed by atoms with E-state index in [1.165, 1.54) is 0 Å². The molecule has 5 heteroatoms. The molecule has 0 aliphatic carbocycles. The van der Waals surface area contributed by atoms with Crippen LogP contribution in [0.15, 0.2) is 4.99 Å². The molecule has 0 aromatic carbocycles. The van der Waals surface area contributed by atoms with E-state index < -0.39 is 5.60 Å². The van der Waals surface area contributed by atoms with E-state index in [9.17, 15) is 4.79 Å². The number of nitrogens with zero attached hydrogens (tertiary/aromatic N) is 2. The Kier molecular flexibility index (Phi) is 4.15. The van der Waals surface area contributed by atoms with Gasteiger partial charge in [0, 0.05) is 13.1 Å². The molecule has 1 aliphatic rings. The molecule has 5 nitrogen and oxygen atoms in total. The molecule has 0 spiro atoms. The highest BCUT2D eigenvalue weighted by Crippen LogP contribution is 2.10. The van der Waals surface area contributed by atoms with Gasteiger partial charge in [-0.1, -0.05) is 0 Å². The second kappa shape index (κ2) is 5.18. The van der Waals surface area contributed by atoms with Gasteiger partial charge in [-0.2, -0.15) is 0 Å². The van der Waals surface area contributed by atoms with Crippen LogP contribution in [0.3, 0.4) is 0 Å². The van der Waals surface area contributed by atoms with Gasteiger partial charge < -0.3 is 10.1 Å². The van der Waals surface area contributed by atoms with Crippen molar-refractivity contribution >= 4 is 11.9 Å². The lowest BCUT2D eigenvalue weighted by Gasteiger charge is -2.29. The molecule has 0 saturated heterocycles. The number of carbonyl (C=O) groups excluding carboxylic acids is 1. The largest absolute Gasteiger partial charge is 0.444 e. The Hall–Kier alpha value is -1.26. The monoisotopic (exact) mass is 227 g/mol. The van der Waals surface area contributed by atoms with Crippen molar-refractivity contribution in [3.05, 3.63) is 0 Å². The fourth-order valence-electron chi connectivity index (χ4n) is 1.41. The highest BCUT2D eigenvalue weighted by Gasteiger charge is 2.24. The molecule has 1 N–H and O–H groups in total. The zero-order valence-corrected chi connectivity index (χ0v) is 10.5. The number of carbonyl (C=O) groups is 1. The lowest BCUT2D eigenvalue weighted by molar-refractivity contribution is 0.0276. The summed E-state index contributed by atoms with van der Waals surface area (Å²) in [7, 11) is 0. The third-order valence-corrected chi connectivity index (χ3v) is 2.05. The second-order valence-electron chi connectivity index (χ2n) is 4.76. The number of amides is 1. The van der Waals surface area contributed by atoms with E-state index in [2.05, 4.69) is 10.3 Å². The SMILES string of the molecule is CCNC1=NCCN(C(=O)OC(C)(C)C)C1. The Bertz CT molecular complexity index is 281. The van der Waals surface area contributed by atoms with Crippen molar-refractivity contribution in [2.45, 2.75) is 33.3 Å². The van der Waals surface area contributed by atoms with E-state index in [1.54, 1.807) is 4.90 Å². The van der Waals surface area contributed by atoms with Crippen molar-refractivity contribution in [3.8, 4) is 0 Å². The fourth-order valence-corrected chi connectivity index (χ4v) is 1.41. The van der Waals surface area contributed by atoms with Crippen LogP contribution < -0.4 is 5.32 Å². The molecule has 0 saturated carbocycles. The first-order valence-corrected chi connectivity index (χ1v) is 5.67. The minimum atomic E-state index is -0.440. The third-order valence-electron chi connectivity index (χ3n) is 2.05. The number of ether oxygens (including phenoxy) is 1. The van der Waals surface area contributed by atoms with Gasteiger partial charge in [-0.25, -0.2) is 4.79 Å². The predicted molar refractivity (Wildman–Crippen MR) is 63.8 cm³/mol. The van der Waals surface area contributed by atoms with Crippen molar-refractivity contribution in [1.82, 2.24) is 10.2 Å². The molecule has 0 aromatic rings. The molecule has 0 unspecified atom stereocenters. The third kappa shape index (κ3) is 4.08. The first kappa shape index (κ1) is 12.8. The Morgan fingerprint density at radius 3 is 2.81 bits per heavy atom. The van der Waals surface area contributed by atoms with Gasteiger partial charge in [0.25, 0.3) is 0 Å². The lowest BCUT2D eigenvalue weighted by Crippen LogP contribution is -2.47. The summed E-state index contributed by atoms with van der Waals surface area (Å²) in [6.07, 6.45) is -0.266. The van der Waals surface area contributed by atoms with Crippen LogP contribution in [0.4, 0.5) is 4.79 Å². The highest BCUT2D eigenvalue weighted by molar-refractivity contribution is 5.87. The Balaban J connectivity index is 2.50. The van der Waals surface area contributed by atoms with Crippen LogP contribution >= 0.6 is 0 Å². The van der Waals surface area contributed by atoms with Gasteiger partial charge in [0.2, 0.25) is 0 Å². The van der Waals surface area contributed by atoms with Gasteiger partial charge in [0.05, 0.1) is 13.1 Å². The average Bonchev–Trinajstić information content (AvgIpc) is 2.16. The van der Waals surface area contributed by atoms with Crippen molar-refractivity contribution in [2.24, 2.45) is 4.99 Å². The van der Waals surface area contributed by atoms with Gasteiger partial charge in [0.15, 0.2) is 0 Å². The topological polar surface area (TPSA) is 53.9 Å². The van der Waals surface area contributed by atoms with Crippen LogP contribution in [0.25, 0.3) is 0 Å². The summed E-state index contributed by atoms with van der Waals surface area (Å²) in [4.78, 5) is 17.8. The molecule has 1 heterocycles. The summed E-state index contributed by atoms with van der Waals surface area (Å²) < 4.78 is 5.31. The Morgan fingerprint density at radius 2 is 2.25 bits per heavy atom. The maximum absolute atomic E-state index is 11.8. The minimum Gasteiger partial charge on any atom is -0.444 e. The molecule has 0 atom stereocenters. The second-order valence-corrected chi connectivity index (χ2v) is 4.76. The summed E-state index contributed by atoms with van der Waals surface area (Å²) >= 11 is 0. The number of amidine groups is 1. The van der Waals surface area contributed by atoms with E-state index in [0.29, 0.717) is 19.6 Å². The molecular formula is C11H21N3O2. The van der Waals surface area contributed by atoms with Crippen molar-refractivity contribution in [1.29, 1.82) is 0 Å². The molecule has 0 fully saturated rings. The maximum Gasteiger partial charge on any atom is 0.410 e. The zero-order valence-electron chi connectivity index (χ0n) is 10.5. The van der Waals surface area contributed by atoms with Crippen LogP contribution in [-0.2, 0) is 4.74 Å². The molecule has 0 radical (unpaired) electrons. The van der Waals surface area contributed by atoms with Crippen LogP contribution in [0, 0.1) is 0 Å². The van der Waals surface area contributed by atoms with Crippen LogP contribution in [0.1, 0.15) is 27.7 Å². The molecular weight excluding hydrogens is 206 g/mol. The summed E-state index contributed by atoms with van der Waals surface area (Å²) in [6.45, 7) is 10.2. The van der Waals surface area contributed by atoms with Gasteiger partial charge in [0.1, 0.15) is 11.4 Å². The summed E-state index contributed by atoms with van der Waals surface area (Å²) in [6, 6.07) is 0. The van der Waals surface area contributed by atoms with E-state index in [4.69, 9.17) is 4.74 Å². The van der Waals surface area contributed by atoms with E-state index in [0.717, 1.165) is 12.4 Å². The van der Waals surface area contributed by atoms with Gasteiger partial charge in [-0.15, -0.1) is 0 Å². The van der Waals surface area contributed by atoms with Crippen LogP contribution in [-0.4, -0.2) is 48.6 Å². The normalized spacial score (nSPS) is 16.8. The first-order chi connectivity index (χ1) is 7.42. The Labute approximate surface area is 96.9 Å². The lowest BCUT2D eigenvalue weighted by atomic mass is 10.2. The average molecular weight is 227 g/mol. The standard InChI is InChI=1S/C11H21N3O2/c1-5-12-9-8-14(7-6-13-9)10(15)16-11(2,3)4/h5-8H2,1-4H3,(H,12,13). The van der Waals surface area contributed by atoms with Crippen molar-refractivity contribution in [3.63, 3.8) is 0 Å². The highest BCUT2D eigenvalue weighted by atomic mass is 16.6. The van der Waals surface area contributed by atoms with E-state index in [-0.39, 0.29) is 6.09 Å². The molecule has 1 amide bonds. The van der Waals surface area contributed by atoms with E-state index >= 15 is 0 Å². The number of hydrogen-bond acceptors (Lipinski definition) is 4. The van der Waals surface area contributed by atoms with Gasteiger partial charge in [-0.05, 0) is 27.7 Å². The number of aliphatic imine (C=N–C) groups is 1. The number of rotatable bonds is 1. The van der Waals surface area contributed by atoms with E-state index in [1.807, 2.05) is 27.7 Å². The first-order valence-electron chi connectivity index (χ1n) is 5.67. The Morgan fingerprint density at radius 1 is 1.56 bits per heavy atom. The number of nitrogens with one attached hydrogen (secondary N) is 1. The predicted octanol–water partition coefficient (Wildman–Crippen LogP) is 1.25. The summed E-state index contributed by atoms with van der Waals surface area (Å²) in [5.74, 6) is 0.861. The molecule has 16 heavy (non-hydrogen) atoms. The fraction of sp³-hybridized carbons (Fsp3) is 0.818. The number of likely N-dealkylation sites (N-methyl/N-ethyl adjacent to an activating group) is 1. The molecule has 1 aliphatic heterocycles. The molecule has 92 valence electrons. The van der Waals surface area contributed by atoms with Gasteiger partial charge in [-0.3, -0.25) is 9.89 Å². The van der Waals surface area contributed by atoms with Crippen molar-refractivity contribution < 1.29 is 9.53 Å². The maximum atomic E-state index is 11.8. The van der Waals surface area contributed by atoms with Crippen molar-refractivity contribution in [2.75, 3.05) is 26.2 Å². The van der Waals surface area contributed by atoms with Crippen LogP contribution in [0.2, 0.25) is 0 Å². The molecule has 1 rings (SSSR count). The number of hydrogen-bond donors (Lipinski definition) is 1.